The zero-order chi connectivity index (χ0) is 25.8. The van der Waals surface area contributed by atoms with Gasteiger partial charge < -0.3 is 24.7 Å². The Morgan fingerprint density at radius 1 is 1.00 bits per heavy atom. The van der Waals surface area contributed by atoms with E-state index in [4.69, 9.17) is 4.74 Å². The first-order valence-electron chi connectivity index (χ1n) is 11.8. The third kappa shape index (κ3) is 5.26. The minimum atomic E-state index is -0.811. The van der Waals surface area contributed by atoms with Gasteiger partial charge in [0.25, 0.3) is 11.7 Å². The number of hydrogen-bond acceptors (Lipinski definition) is 6. The summed E-state index contributed by atoms with van der Waals surface area (Å²) in [6.07, 6.45) is 0. The van der Waals surface area contributed by atoms with Crippen LogP contribution in [0.3, 0.4) is 0 Å². The molecular weight excluding hydrogens is 456 g/mol. The molecule has 1 heterocycles. The molecule has 7 heteroatoms. The van der Waals surface area contributed by atoms with E-state index in [1.807, 2.05) is 50.2 Å². The standard InChI is InChI=1S/C29H30N2O5/c1-19-7-4-5-8-22(19)18-36-24-13-11-20(12-14-24)27(33)25-26(21-9-6-10-23(32)17-21)31(16-15-30(2)3)29(35)28(25)34/h4-14,17,26,32-33H,15-16,18H2,1-3H3/b27-25+. The average Bonchev–Trinajstić information content (AvgIpc) is 3.12. The van der Waals surface area contributed by atoms with Gasteiger partial charge in [0.1, 0.15) is 23.9 Å². The number of carbonyl (C=O) groups excluding carboxylic acids is 2. The number of aromatic hydroxyl groups is 1. The van der Waals surface area contributed by atoms with Gasteiger partial charge in [-0.25, -0.2) is 0 Å². The van der Waals surface area contributed by atoms with Crippen molar-refractivity contribution in [3.8, 4) is 11.5 Å². The van der Waals surface area contributed by atoms with Gasteiger partial charge in [-0.2, -0.15) is 0 Å². The molecule has 7 nitrogen and oxygen atoms in total. The molecule has 0 bridgehead atoms. The zero-order valence-electron chi connectivity index (χ0n) is 20.6. The van der Waals surface area contributed by atoms with Gasteiger partial charge in [0, 0.05) is 18.7 Å². The van der Waals surface area contributed by atoms with Crippen LogP contribution in [0.25, 0.3) is 5.76 Å². The molecule has 1 fully saturated rings. The number of Topliss-reactive ketones (excluding diaryl/α,β-unsaturated/α-hetero) is 1. The minimum Gasteiger partial charge on any atom is -0.508 e. The number of benzene rings is 3. The first-order valence-corrected chi connectivity index (χ1v) is 11.8. The van der Waals surface area contributed by atoms with E-state index in [1.165, 1.54) is 17.0 Å². The molecule has 1 unspecified atom stereocenters. The summed E-state index contributed by atoms with van der Waals surface area (Å²) in [6, 6.07) is 20.3. The van der Waals surface area contributed by atoms with E-state index in [1.54, 1.807) is 36.4 Å². The second kappa shape index (κ2) is 10.7. The summed E-state index contributed by atoms with van der Waals surface area (Å²) < 4.78 is 5.89. The van der Waals surface area contributed by atoms with E-state index >= 15 is 0 Å². The monoisotopic (exact) mass is 486 g/mol. The van der Waals surface area contributed by atoms with E-state index in [9.17, 15) is 19.8 Å². The number of aryl methyl sites for hydroxylation is 1. The summed E-state index contributed by atoms with van der Waals surface area (Å²) in [7, 11) is 3.76. The highest BCUT2D eigenvalue weighted by molar-refractivity contribution is 6.46. The summed E-state index contributed by atoms with van der Waals surface area (Å²) in [4.78, 5) is 29.4. The topological polar surface area (TPSA) is 90.3 Å². The van der Waals surface area contributed by atoms with Crippen LogP contribution in [0.4, 0.5) is 0 Å². The number of carbonyl (C=O) groups is 2. The first-order chi connectivity index (χ1) is 17.3. The van der Waals surface area contributed by atoms with E-state index in [2.05, 4.69) is 0 Å². The number of ketones is 1. The number of aliphatic hydroxyl groups is 1. The predicted molar refractivity (Wildman–Crippen MR) is 138 cm³/mol. The van der Waals surface area contributed by atoms with Gasteiger partial charge in [-0.05, 0) is 74.1 Å². The highest BCUT2D eigenvalue weighted by atomic mass is 16.5. The fraction of sp³-hybridized carbons (Fsp3) is 0.241. The van der Waals surface area contributed by atoms with Crippen LogP contribution in [-0.4, -0.2) is 58.9 Å². The summed E-state index contributed by atoms with van der Waals surface area (Å²) >= 11 is 0. The molecule has 0 spiro atoms. The Hall–Kier alpha value is -4.10. The molecule has 1 saturated heterocycles. The zero-order valence-corrected chi connectivity index (χ0v) is 20.6. The van der Waals surface area contributed by atoms with Crippen LogP contribution in [-0.2, 0) is 16.2 Å². The van der Waals surface area contributed by atoms with Gasteiger partial charge in [-0.1, -0.05) is 36.4 Å². The van der Waals surface area contributed by atoms with Crippen LogP contribution in [0.5, 0.6) is 11.5 Å². The second-order valence-corrected chi connectivity index (χ2v) is 9.13. The number of likely N-dealkylation sites (tertiary alicyclic amines) is 1. The normalized spacial score (nSPS) is 17.1. The largest absolute Gasteiger partial charge is 0.508 e. The summed E-state index contributed by atoms with van der Waals surface area (Å²) in [5, 5.41) is 21.2. The van der Waals surface area contributed by atoms with E-state index in [0.717, 1.165) is 11.1 Å². The van der Waals surface area contributed by atoms with Crippen molar-refractivity contribution in [3.63, 3.8) is 0 Å². The van der Waals surface area contributed by atoms with Crippen molar-refractivity contribution >= 4 is 17.4 Å². The lowest BCUT2D eigenvalue weighted by atomic mass is 9.95. The Bertz CT molecular complexity index is 1300. The number of nitrogens with zero attached hydrogens (tertiary/aromatic N) is 2. The second-order valence-electron chi connectivity index (χ2n) is 9.13. The maximum atomic E-state index is 13.1. The summed E-state index contributed by atoms with van der Waals surface area (Å²) in [6.45, 7) is 3.26. The van der Waals surface area contributed by atoms with Crippen LogP contribution < -0.4 is 4.74 Å². The number of amides is 1. The van der Waals surface area contributed by atoms with Crippen molar-refractivity contribution in [1.29, 1.82) is 0 Å². The number of ether oxygens (including phenoxy) is 1. The SMILES string of the molecule is Cc1ccccc1COc1ccc(/C(O)=C2\C(=O)C(=O)N(CCN(C)C)C2c2cccc(O)c2)cc1. The van der Waals surface area contributed by atoms with Crippen LogP contribution in [0.15, 0.2) is 78.4 Å². The fourth-order valence-electron chi connectivity index (χ4n) is 4.26. The van der Waals surface area contributed by atoms with Crippen LogP contribution in [0.1, 0.15) is 28.3 Å². The average molecular weight is 487 g/mol. The van der Waals surface area contributed by atoms with Crippen molar-refractivity contribution in [1.82, 2.24) is 9.80 Å². The Kier molecular flexibility index (Phi) is 7.41. The van der Waals surface area contributed by atoms with Crippen molar-refractivity contribution in [2.24, 2.45) is 0 Å². The van der Waals surface area contributed by atoms with Crippen molar-refractivity contribution < 1.29 is 24.5 Å². The molecule has 1 amide bonds. The number of phenols is 1. The number of aliphatic hydroxyl groups excluding tert-OH is 1. The molecule has 1 aliphatic rings. The quantitative estimate of drug-likeness (QED) is 0.281. The van der Waals surface area contributed by atoms with E-state index < -0.39 is 17.7 Å². The molecule has 1 atom stereocenters. The molecule has 1 aliphatic heterocycles. The summed E-state index contributed by atoms with van der Waals surface area (Å²) in [5.74, 6) is -1.06. The molecule has 36 heavy (non-hydrogen) atoms. The predicted octanol–water partition coefficient (Wildman–Crippen LogP) is 4.26. The molecular formula is C29H30N2O5. The van der Waals surface area contributed by atoms with Gasteiger partial charge in [-0.3, -0.25) is 9.59 Å². The van der Waals surface area contributed by atoms with Gasteiger partial charge in [-0.15, -0.1) is 0 Å². The molecule has 3 aromatic rings. The third-order valence-corrected chi connectivity index (χ3v) is 6.30. The third-order valence-electron chi connectivity index (χ3n) is 6.30. The van der Waals surface area contributed by atoms with Crippen LogP contribution >= 0.6 is 0 Å². The first kappa shape index (κ1) is 25.0. The highest BCUT2D eigenvalue weighted by Crippen LogP contribution is 2.40. The molecule has 0 aromatic heterocycles. The molecule has 2 N–H and O–H groups in total. The molecule has 3 aromatic carbocycles. The molecule has 4 rings (SSSR count). The van der Waals surface area contributed by atoms with Crippen LogP contribution in [0.2, 0.25) is 0 Å². The number of likely N-dealkylation sites (N-methyl/N-ethyl adjacent to an activating group) is 1. The lowest BCUT2D eigenvalue weighted by molar-refractivity contribution is -0.140. The Labute approximate surface area is 210 Å². The molecule has 0 saturated carbocycles. The van der Waals surface area contributed by atoms with Gasteiger partial charge in [0.05, 0.1) is 11.6 Å². The molecule has 0 aliphatic carbocycles. The highest BCUT2D eigenvalue weighted by Gasteiger charge is 2.46. The Morgan fingerprint density at radius 2 is 1.72 bits per heavy atom. The lowest BCUT2D eigenvalue weighted by Crippen LogP contribution is -2.35. The number of hydrogen-bond donors (Lipinski definition) is 2. The fourth-order valence-corrected chi connectivity index (χ4v) is 4.26. The summed E-state index contributed by atoms with van der Waals surface area (Å²) in [5.41, 5.74) is 3.16. The Morgan fingerprint density at radius 3 is 2.39 bits per heavy atom. The van der Waals surface area contributed by atoms with Crippen LogP contribution in [0, 0.1) is 6.92 Å². The van der Waals surface area contributed by atoms with E-state index in [0.29, 0.717) is 36.6 Å². The van der Waals surface area contributed by atoms with Crippen molar-refractivity contribution in [2.45, 2.75) is 19.6 Å². The maximum absolute atomic E-state index is 13.1. The van der Waals surface area contributed by atoms with Gasteiger partial charge in [0.15, 0.2) is 0 Å². The van der Waals surface area contributed by atoms with Crippen molar-refractivity contribution in [2.75, 3.05) is 27.2 Å². The smallest absolute Gasteiger partial charge is 0.295 e. The van der Waals surface area contributed by atoms with Gasteiger partial charge in [0.2, 0.25) is 0 Å². The molecule has 186 valence electrons. The lowest BCUT2D eigenvalue weighted by Gasteiger charge is -2.26. The van der Waals surface area contributed by atoms with Crippen molar-refractivity contribution in [3.05, 3.63) is 101 Å². The molecule has 0 radical (unpaired) electrons. The maximum Gasteiger partial charge on any atom is 0.295 e. The number of phenolic OH excluding ortho intramolecular Hbond substituents is 1. The van der Waals surface area contributed by atoms with E-state index in [-0.39, 0.29) is 17.1 Å². The minimum absolute atomic E-state index is 0.00191. The van der Waals surface area contributed by atoms with Gasteiger partial charge >= 0.3 is 0 Å². The number of rotatable bonds is 8. The Balaban J connectivity index is 1.65.